The summed E-state index contributed by atoms with van der Waals surface area (Å²) in [5.74, 6) is 1.14. The van der Waals surface area contributed by atoms with Gasteiger partial charge in [0.15, 0.2) is 0 Å². The lowest BCUT2D eigenvalue weighted by atomic mass is 10.2. The average Bonchev–Trinajstić information content (AvgIpc) is 3.21. The molecule has 1 aliphatic carbocycles. The van der Waals surface area contributed by atoms with E-state index in [1.54, 1.807) is 0 Å². The normalized spacial score (nSPS) is 14.8. The topological polar surface area (TPSA) is 28.2 Å². The van der Waals surface area contributed by atoms with Crippen molar-refractivity contribution in [3.8, 4) is 0 Å². The molecule has 1 heterocycles. The maximum Gasteiger partial charge on any atom is 0.132 e. The van der Waals surface area contributed by atoms with Crippen LogP contribution in [0.3, 0.4) is 0 Å². The zero-order valence-electron chi connectivity index (χ0n) is 11.7. The molecule has 3 heteroatoms. The Bertz CT molecular complexity index is 361. The van der Waals surface area contributed by atoms with Gasteiger partial charge in [-0.15, -0.1) is 0 Å². The number of unbranched alkanes of at least 4 members (excludes halogenated alkanes) is 2. The van der Waals surface area contributed by atoms with Crippen LogP contribution in [0, 0.1) is 0 Å². The van der Waals surface area contributed by atoms with Crippen LogP contribution in [0.4, 0.5) is 5.82 Å². The third-order valence-corrected chi connectivity index (χ3v) is 3.48. The molecule has 1 fully saturated rings. The SMILES string of the molecule is CCCCCN(C)c1ncccc1CNC1CC1. The second-order valence-corrected chi connectivity index (χ2v) is 5.27. The molecule has 0 atom stereocenters. The first-order chi connectivity index (χ1) is 8.81. The molecule has 1 aliphatic rings. The third-order valence-electron chi connectivity index (χ3n) is 3.48. The van der Waals surface area contributed by atoms with Gasteiger partial charge in [-0.2, -0.15) is 0 Å². The molecule has 0 spiro atoms. The van der Waals surface area contributed by atoms with Gasteiger partial charge in [0.05, 0.1) is 0 Å². The highest BCUT2D eigenvalue weighted by Gasteiger charge is 2.20. The Kier molecular flexibility index (Phi) is 5.00. The summed E-state index contributed by atoms with van der Waals surface area (Å²) in [6, 6.07) is 4.98. The summed E-state index contributed by atoms with van der Waals surface area (Å²) >= 11 is 0. The number of nitrogens with one attached hydrogen (secondary N) is 1. The largest absolute Gasteiger partial charge is 0.359 e. The van der Waals surface area contributed by atoms with Crippen LogP contribution in [0.25, 0.3) is 0 Å². The van der Waals surface area contributed by atoms with Crippen molar-refractivity contribution in [2.45, 2.75) is 51.6 Å². The number of anilines is 1. The zero-order chi connectivity index (χ0) is 12.8. The molecular weight excluding hydrogens is 222 g/mol. The Morgan fingerprint density at radius 3 is 2.94 bits per heavy atom. The first kappa shape index (κ1) is 13.3. The van der Waals surface area contributed by atoms with E-state index in [0.717, 1.165) is 24.9 Å². The van der Waals surface area contributed by atoms with Gasteiger partial charge in [-0.1, -0.05) is 25.8 Å². The fourth-order valence-electron chi connectivity index (χ4n) is 2.16. The van der Waals surface area contributed by atoms with Crippen LogP contribution in [0.1, 0.15) is 44.6 Å². The molecule has 0 aromatic carbocycles. The van der Waals surface area contributed by atoms with E-state index in [0.29, 0.717) is 0 Å². The smallest absolute Gasteiger partial charge is 0.132 e. The van der Waals surface area contributed by atoms with Crippen molar-refractivity contribution < 1.29 is 0 Å². The fraction of sp³-hybridized carbons (Fsp3) is 0.667. The van der Waals surface area contributed by atoms with Crippen molar-refractivity contribution in [2.24, 2.45) is 0 Å². The molecule has 1 aromatic heterocycles. The number of rotatable bonds is 8. The van der Waals surface area contributed by atoms with Gasteiger partial charge in [-0.3, -0.25) is 0 Å². The van der Waals surface area contributed by atoms with E-state index in [-0.39, 0.29) is 0 Å². The van der Waals surface area contributed by atoms with Crippen molar-refractivity contribution in [3.05, 3.63) is 23.9 Å². The van der Waals surface area contributed by atoms with Gasteiger partial charge >= 0.3 is 0 Å². The third kappa shape index (κ3) is 3.98. The molecule has 100 valence electrons. The second kappa shape index (κ2) is 6.74. The minimum absolute atomic E-state index is 0.753. The quantitative estimate of drug-likeness (QED) is 0.716. The van der Waals surface area contributed by atoms with Crippen molar-refractivity contribution >= 4 is 5.82 Å². The minimum atomic E-state index is 0.753. The Morgan fingerprint density at radius 1 is 1.39 bits per heavy atom. The van der Waals surface area contributed by atoms with Gasteiger partial charge in [0.2, 0.25) is 0 Å². The molecule has 0 radical (unpaired) electrons. The molecule has 0 unspecified atom stereocenters. The van der Waals surface area contributed by atoms with Crippen LogP contribution in [0.5, 0.6) is 0 Å². The van der Waals surface area contributed by atoms with Gasteiger partial charge < -0.3 is 10.2 Å². The standard InChI is InChI=1S/C15H25N3/c1-3-4-5-11-18(2)15-13(7-6-10-16-15)12-17-14-8-9-14/h6-7,10,14,17H,3-5,8-9,11-12H2,1-2H3. The molecule has 0 bridgehead atoms. The first-order valence-electron chi connectivity index (χ1n) is 7.19. The highest BCUT2D eigenvalue weighted by atomic mass is 15.2. The minimum Gasteiger partial charge on any atom is -0.359 e. The van der Waals surface area contributed by atoms with Crippen molar-refractivity contribution in [1.82, 2.24) is 10.3 Å². The zero-order valence-corrected chi connectivity index (χ0v) is 11.7. The lowest BCUT2D eigenvalue weighted by molar-refractivity contribution is 0.673. The van der Waals surface area contributed by atoms with Crippen molar-refractivity contribution in [3.63, 3.8) is 0 Å². The van der Waals surface area contributed by atoms with E-state index in [4.69, 9.17) is 0 Å². The van der Waals surface area contributed by atoms with E-state index < -0.39 is 0 Å². The molecular formula is C15H25N3. The van der Waals surface area contributed by atoms with Crippen molar-refractivity contribution in [1.29, 1.82) is 0 Å². The maximum atomic E-state index is 4.54. The van der Waals surface area contributed by atoms with E-state index in [1.807, 2.05) is 12.3 Å². The number of pyridine rings is 1. The monoisotopic (exact) mass is 247 g/mol. The molecule has 18 heavy (non-hydrogen) atoms. The van der Waals surface area contributed by atoms with E-state index >= 15 is 0 Å². The summed E-state index contributed by atoms with van der Waals surface area (Å²) < 4.78 is 0. The molecule has 0 aliphatic heterocycles. The molecule has 2 rings (SSSR count). The summed E-state index contributed by atoms with van der Waals surface area (Å²) in [7, 11) is 2.15. The number of hydrogen-bond donors (Lipinski definition) is 1. The van der Waals surface area contributed by atoms with Gasteiger partial charge in [0.25, 0.3) is 0 Å². The summed E-state index contributed by atoms with van der Waals surface area (Å²) in [4.78, 5) is 6.83. The van der Waals surface area contributed by atoms with E-state index in [9.17, 15) is 0 Å². The van der Waals surface area contributed by atoms with Crippen LogP contribution in [0.15, 0.2) is 18.3 Å². The molecule has 0 amide bonds. The molecule has 3 nitrogen and oxygen atoms in total. The Morgan fingerprint density at radius 2 is 2.22 bits per heavy atom. The average molecular weight is 247 g/mol. The van der Waals surface area contributed by atoms with Gasteiger partial charge in [-0.25, -0.2) is 4.98 Å². The van der Waals surface area contributed by atoms with Gasteiger partial charge in [0.1, 0.15) is 5.82 Å². The summed E-state index contributed by atoms with van der Waals surface area (Å²) in [6.07, 6.45) is 8.38. The van der Waals surface area contributed by atoms with Crippen LogP contribution < -0.4 is 10.2 Å². The van der Waals surface area contributed by atoms with Crippen molar-refractivity contribution in [2.75, 3.05) is 18.5 Å². The van der Waals surface area contributed by atoms with E-state index in [1.165, 1.54) is 37.7 Å². The summed E-state index contributed by atoms with van der Waals surface area (Å²) in [5.41, 5.74) is 1.32. The van der Waals surface area contributed by atoms with Crippen LogP contribution in [0.2, 0.25) is 0 Å². The highest BCUT2D eigenvalue weighted by Crippen LogP contribution is 2.21. The molecule has 0 saturated heterocycles. The fourth-order valence-corrected chi connectivity index (χ4v) is 2.16. The Hall–Kier alpha value is -1.09. The first-order valence-corrected chi connectivity index (χ1v) is 7.19. The lowest BCUT2D eigenvalue weighted by Crippen LogP contribution is -2.23. The number of nitrogens with zero attached hydrogens (tertiary/aromatic N) is 2. The second-order valence-electron chi connectivity index (χ2n) is 5.27. The summed E-state index contributed by atoms with van der Waals surface area (Å²) in [6.45, 7) is 4.29. The Labute approximate surface area is 111 Å². The number of aromatic nitrogens is 1. The molecule has 1 saturated carbocycles. The van der Waals surface area contributed by atoms with Crippen LogP contribution >= 0.6 is 0 Å². The predicted octanol–water partition coefficient (Wildman–Crippen LogP) is 2.96. The molecule has 1 N–H and O–H groups in total. The lowest BCUT2D eigenvalue weighted by Gasteiger charge is -2.21. The summed E-state index contributed by atoms with van der Waals surface area (Å²) in [5, 5.41) is 3.57. The van der Waals surface area contributed by atoms with Gasteiger partial charge in [0, 0.05) is 37.9 Å². The predicted molar refractivity (Wildman–Crippen MR) is 76.9 cm³/mol. The highest BCUT2D eigenvalue weighted by molar-refractivity contribution is 5.45. The van der Waals surface area contributed by atoms with Gasteiger partial charge in [-0.05, 0) is 25.3 Å². The van der Waals surface area contributed by atoms with Crippen LogP contribution in [-0.4, -0.2) is 24.6 Å². The Balaban J connectivity index is 1.91. The van der Waals surface area contributed by atoms with Crippen LogP contribution in [-0.2, 0) is 6.54 Å². The van der Waals surface area contributed by atoms with E-state index in [2.05, 4.69) is 35.2 Å². The number of hydrogen-bond acceptors (Lipinski definition) is 3. The maximum absolute atomic E-state index is 4.54. The molecule has 1 aromatic rings.